The zero-order valence-corrected chi connectivity index (χ0v) is 23.5. The summed E-state index contributed by atoms with van der Waals surface area (Å²) < 4.78 is 1.97. The zero-order valence-electron chi connectivity index (χ0n) is 22.7. The molecule has 8 heteroatoms. The molecule has 1 aromatic heterocycles. The molecule has 0 fully saturated rings. The van der Waals surface area contributed by atoms with Gasteiger partial charge in [-0.25, -0.2) is 5.43 Å². The van der Waals surface area contributed by atoms with Crippen LogP contribution in [0.5, 0.6) is 5.75 Å². The summed E-state index contributed by atoms with van der Waals surface area (Å²) >= 11 is 1.28. The van der Waals surface area contributed by atoms with Crippen LogP contribution in [0.3, 0.4) is 0 Å². The molecule has 0 aliphatic carbocycles. The van der Waals surface area contributed by atoms with E-state index in [1.54, 1.807) is 12.1 Å². The van der Waals surface area contributed by atoms with E-state index < -0.39 is 0 Å². The highest BCUT2D eigenvalue weighted by Crippen LogP contribution is 2.30. The molecule has 4 aromatic rings. The normalized spacial score (nSPS) is 11.6. The first-order chi connectivity index (χ1) is 18.7. The summed E-state index contributed by atoms with van der Waals surface area (Å²) in [4.78, 5) is 12.6. The van der Waals surface area contributed by atoms with Gasteiger partial charge < -0.3 is 5.11 Å². The van der Waals surface area contributed by atoms with Crippen molar-refractivity contribution in [3.8, 4) is 22.8 Å². The van der Waals surface area contributed by atoms with Gasteiger partial charge in [-0.15, -0.1) is 16.8 Å². The fourth-order valence-electron chi connectivity index (χ4n) is 3.97. The number of nitrogens with zero attached hydrogens (tertiary/aromatic N) is 4. The minimum atomic E-state index is -0.299. The summed E-state index contributed by atoms with van der Waals surface area (Å²) in [6, 6.07) is 21.8. The van der Waals surface area contributed by atoms with Crippen LogP contribution >= 0.6 is 11.8 Å². The smallest absolute Gasteiger partial charge is 0.250 e. The second-order valence-electron chi connectivity index (χ2n) is 10.2. The highest BCUT2D eigenvalue weighted by molar-refractivity contribution is 7.99. The third kappa shape index (κ3) is 6.83. The molecule has 39 heavy (non-hydrogen) atoms. The Bertz CT molecular complexity index is 1480. The van der Waals surface area contributed by atoms with Gasteiger partial charge in [0, 0.05) is 16.8 Å². The lowest BCUT2D eigenvalue weighted by molar-refractivity contribution is -0.118. The summed E-state index contributed by atoms with van der Waals surface area (Å²) in [6.07, 6.45) is 3.69. The van der Waals surface area contributed by atoms with Crippen LogP contribution in [0.4, 0.5) is 0 Å². The van der Waals surface area contributed by atoms with Crippen LogP contribution in [-0.4, -0.2) is 37.7 Å². The van der Waals surface area contributed by atoms with Gasteiger partial charge in [-0.2, -0.15) is 5.10 Å². The van der Waals surface area contributed by atoms with Crippen molar-refractivity contribution in [1.82, 2.24) is 20.2 Å². The van der Waals surface area contributed by atoms with E-state index in [1.807, 2.05) is 47.9 Å². The quantitative estimate of drug-likeness (QED) is 0.114. The molecular formula is C31H33N5O2S. The van der Waals surface area contributed by atoms with Crippen LogP contribution in [0.1, 0.15) is 43.0 Å². The monoisotopic (exact) mass is 539 g/mol. The maximum Gasteiger partial charge on any atom is 0.250 e. The molecule has 0 aliphatic heterocycles. The molecule has 0 unspecified atom stereocenters. The lowest BCUT2D eigenvalue weighted by Gasteiger charge is -2.19. The predicted octanol–water partition coefficient (Wildman–Crippen LogP) is 6.22. The molecule has 0 saturated heterocycles. The molecule has 4 rings (SSSR count). The van der Waals surface area contributed by atoms with Crippen molar-refractivity contribution < 1.29 is 9.90 Å². The van der Waals surface area contributed by atoms with Crippen molar-refractivity contribution in [2.75, 3.05) is 5.75 Å². The van der Waals surface area contributed by atoms with Crippen molar-refractivity contribution in [1.29, 1.82) is 0 Å². The number of rotatable bonds is 9. The van der Waals surface area contributed by atoms with Crippen molar-refractivity contribution in [3.05, 3.63) is 102 Å². The standard InChI is InChI=1S/C31H33N5O2S/c1-6-8-22-9-7-10-24(28(22)38)19-32-33-27(37)20-39-30-35-34-29(36(30)26-17-11-21(2)12-18-26)23-13-15-25(16-14-23)31(3,4)5/h6-7,9-19,38H,1,8,20H2,2-5H3,(H,33,37)/b32-19-. The highest BCUT2D eigenvalue weighted by Gasteiger charge is 2.19. The summed E-state index contributed by atoms with van der Waals surface area (Å²) in [5.74, 6) is 0.619. The van der Waals surface area contributed by atoms with Crippen molar-refractivity contribution in [2.24, 2.45) is 5.10 Å². The van der Waals surface area contributed by atoms with Crippen LogP contribution in [-0.2, 0) is 16.6 Å². The van der Waals surface area contributed by atoms with Crippen LogP contribution in [0.25, 0.3) is 17.1 Å². The Kier molecular flexibility index (Phi) is 8.66. The van der Waals surface area contributed by atoms with Crippen LogP contribution in [0, 0.1) is 6.92 Å². The first kappa shape index (κ1) is 27.9. The number of allylic oxidation sites excluding steroid dienone is 1. The molecule has 0 bridgehead atoms. The first-order valence-corrected chi connectivity index (χ1v) is 13.7. The minimum Gasteiger partial charge on any atom is -0.507 e. The highest BCUT2D eigenvalue weighted by atomic mass is 32.2. The maximum atomic E-state index is 12.6. The molecule has 0 atom stereocenters. The predicted molar refractivity (Wildman–Crippen MR) is 159 cm³/mol. The average Bonchev–Trinajstić information content (AvgIpc) is 3.33. The van der Waals surface area contributed by atoms with Gasteiger partial charge >= 0.3 is 0 Å². The van der Waals surface area contributed by atoms with Gasteiger partial charge in [0.15, 0.2) is 11.0 Å². The molecule has 7 nitrogen and oxygen atoms in total. The molecule has 200 valence electrons. The number of benzene rings is 3. The number of amides is 1. The maximum absolute atomic E-state index is 12.6. The lowest BCUT2D eigenvalue weighted by Crippen LogP contribution is -2.20. The Labute approximate surface area is 233 Å². The van der Waals surface area contributed by atoms with Gasteiger partial charge in [0.25, 0.3) is 5.91 Å². The molecule has 1 heterocycles. The fraction of sp³-hybridized carbons (Fsp3) is 0.226. The van der Waals surface area contributed by atoms with Crippen molar-refractivity contribution in [3.63, 3.8) is 0 Å². The number of para-hydroxylation sites is 1. The average molecular weight is 540 g/mol. The topological polar surface area (TPSA) is 92.4 Å². The number of hydrogen-bond acceptors (Lipinski definition) is 6. The number of aromatic hydroxyl groups is 1. The SMILES string of the molecule is C=CCc1cccc(/C=N\NC(=O)CSc2nnc(-c3ccc(C(C)(C)C)cc3)n2-c2ccc(C)cc2)c1O. The third-order valence-corrected chi connectivity index (χ3v) is 7.10. The van der Waals surface area contributed by atoms with Gasteiger partial charge in [0.2, 0.25) is 0 Å². The Morgan fingerprint density at radius 2 is 1.79 bits per heavy atom. The second kappa shape index (κ2) is 12.1. The Morgan fingerprint density at radius 1 is 1.08 bits per heavy atom. The number of aromatic nitrogens is 3. The number of hydrazone groups is 1. The van der Waals surface area contributed by atoms with Gasteiger partial charge in [0.1, 0.15) is 5.75 Å². The van der Waals surface area contributed by atoms with Crippen molar-refractivity contribution >= 4 is 23.9 Å². The molecule has 0 spiro atoms. The fourth-order valence-corrected chi connectivity index (χ4v) is 4.71. The molecule has 3 aromatic carbocycles. The largest absolute Gasteiger partial charge is 0.507 e. The van der Waals surface area contributed by atoms with E-state index in [4.69, 9.17) is 0 Å². The van der Waals surface area contributed by atoms with Gasteiger partial charge in [-0.05, 0) is 48.1 Å². The van der Waals surface area contributed by atoms with E-state index in [1.165, 1.54) is 23.5 Å². The number of carbonyl (C=O) groups excluding carboxylic acids is 1. The molecule has 2 N–H and O–H groups in total. The molecule has 1 amide bonds. The summed E-state index contributed by atoms with van der Waals surface area (Å²) in [5, 5.41) is 23.9. The van der Waals surface area contributed by atoms with Gasteiger partial charge in [-0.3, -0.25) is 9.36 Å². The van der Waals surface area contributed by atoms with E-state index in [9.17, 15) is 9.90 Å². The molecular weight excluding hydrogens is 506 g/mol. The molecule has 0 radical (unpaired) electrons. The third-order valence-electron chi connectivity index (χ3n) is 6.17. The van der Waals surface area contributed by atoms with E-state index >= 15 is 0 Å². The van der Waals surface area contributed by atoms with Crippen LogP contribution in [0.2, 0.25) is 0 Å². The molecule has 0 saturated carbocycles. The van der Waals surface area contributed by atoms with Crippen molar-refractivity contribution in [2.45, 2.75) is 44.7 Å². The van der Waals surface area contributed by atoms with Crippen LogP contribution < -0.4 is 5.43 Å². The Hall–Kier alpha value is -4.17. The number of nitrogens with one attached hydrogen (secondary N) is 1. The summed E-state index contributed by atoms with van der Waals surface area (Å²) in [7, 11) is 0. The van der Waals surface area contributed by atoms with Gasteiger partial charge in [0.05, 0.1) is 12.0 Å². The van der Waals surface area contributed by atoms with E-state index in [0.29, 0.717) is 23.0 Å². The van der Waals surface area contributed by atoms with E-state index in [2.05, 4.69) is 72.3 Å². The van der Waals surface area contributed by atoms with E-state index in [0.717, 1.165) is 22.4 Å². The number of hydrogen-bond donors (Lipinski definition) is 2. The lowest BCUT2D eigenvalue weighted by atomic mass is 9.87. The number of phenolic OH excluding ortho intramolecular Hbond substituents is 1. The zero-order chi connectivity index (χ0) is 28.0. The van der Waals surface area contributed by atoms with Gasteiger partial charge in [-0.1, -0.05) is 92.7 Å². The molecule has 0 aliphatic rings. The number of phenols is 1. The van der Waals surface area contributed by atoms with E-state index in [-0.39, 0.29) is 22.8 Å². The number of thioether (sulfide) groups is 1. The summed E-state index contributed by atoms with van der Waals surface area (Å²) in [6.45, 7) is 12.3. The Balaban J connectivity index is 1.52. The van der Waals surface area contributed by atoms with Crippen LogP contribution in [0.15, 0.2) is 89.6 Å². The summed E-state index contributed by atoms with van der Waals surface area (Å²) in [5.41, 5.74) is 8.08. The Morgan fingerprint density at radius 3 is 2.46 bits per heavy atom. The first-order valence-electron chi connectivity index (χ1n) is 12.7. The minimum absolute atomic E-state index is 0.0488. The second-order valence-corrected chi connectivity index (χ2v) is 11.2. The number of aryl methyl sites for hydroxylation is 1. The number of carbonyl (C=O) groups is 1.